The number of rotatable bonds is 6. The normalized spacial score (nSPS) is 18.7. The van der Waals surface area contributed by atoms with Gasteiger partial charge < -0.3 is 5.21 Å². The van der Waals surface area contributed by atoms with Crippen molar-refractivity contribution in [1.82, 2.24) is 0 Å². The molecule has 0 bridgehead atoms. The van der Waals surface area contributed by atoms with Crippen LogP contribution in [0.3, 0.4) is 0 Å². The topological polar surface area (TPSA) is 66.7 Å². The van der Waals surface area contributed by atoms with Crippen molar-refractivity contribution in [2.75, 3.05) is 6.26 Å². The standard InChI is InChI=1S/C18H25NO3S/c1-4-5-7-13(2)16-10-11-17(19-20)18(16)14-8-6-9-15(12-14)23(3,21)22/h6,8-9,12-13,20H,4-5,7,10-11H2,1-3H3/b19-17+. The van der Waals surface area contributed by atoms with Crippen molar-refractivity contribution in [3.63, 3.8) is 0 Å². The van der Waals surface area contributed by atoms with Gasteiger partial charge in [-0.1, -0.05) is 49.6 Å². The van der Waals surface area contributed by atoms with Crippen molar-refractivity contribution >= 4 is 21.1 Å². The number of benzene rings is 1. The van der Waals surface area contributed by atoms with E-state index in [4.69, 9.17) is 0 Å². The Kier molecular flexibility index (Phi) is 5.63. The van der Waals surface area contributed by atoms with Gasteiger partial charge in [0.2, 0.25) is 0 Å². The van der Waals surface area contributed by atoms with Crippen LogP contribution in [0.2, 0.25) is 0 Å². The highest BCUT2D eigenvalue weighted by Crippen LogP contribution is 2.38. The van der Waals surface area contributed by atoms with Gasteiger partial charge >= 0.3 is 0 Å². The lowest BCUT2D eigenvalue weighted by atomic mass is 9.90. The number of hydrogen-bond donors (Lipinski definition) is 1. The van der Waals surface area contributed by atoms with E-state index in [9.17, 15) is 13.6 Å². The number of hydrogen-bond acceptors (Lipinski definition) is 4. The second-order valence-electron chi connectivity index (χ2n) is 6.29. The third-order valence-corrected chi connectivity index (χ3v) is 5.61. The Morgan fingerprint density at radius 2 is 2.04 bits per heavy atom. The van der Waals surface area contributed by atoms with Crippen LogP contribution < -0.4 is 0 Å². The van der Waals surface area contributed by atoms with Crippen molar-refractivity contribution in [2.45, 2.75) is 50.8 Å². The van der Waals surface area contributed by atoms with E-state index in [0.717, 1.165) is 36.8 Å². The largest absolute Gasteiger partial charge is 0.411 e. The summed E-state index contributed by atoms with van der Waals surface area (Å²) in [6.45, 7) is 4.37. The van der Waals surface area contributed by atoms with E-state index in [2.05, 4.69) is 19.0 Å². The maximum Gasteiger partial charge on any atom is 0.175 e. The fraction of sp³-hybridized carbons (Fsp3) is 0.500. The van der Waals surface area contributed by atoms with Crippen LogP contribution in [0.15, 0.2) is 39.9 Å². The van der Waals surface area contributed by atoms with Gasteiger partial charge in [0.1, 0.15) is 0 Å². The van der Waals surface area contributed by atoms with Crippen LogP contribution in [-0.4, -0.2) is 25.6 Å². The van der Waals surface area contributed by atoms with Gasteiger partial charge in [0, 0.05) is 11.8 Å². The van der Waals surface area contributed by atoms with Gasteiger partial charge in [-0.25, -0.2) is 8.42 Å². The first kappa shape index (κ1) is 17.7. The Balaban J connectivity index is 2.50. The van der Waals surface area contributed by atoms with E-state index < -0.39 is 9.84 Å². The van der Waals surface area contributed by atoms with Crippen molar-refractivity contribution in [3.05, 3.63) is 35.4 Å². The number of allylic oxidation sites excluding steroid dienone is 2. The van der Waals surface area contributed by atoms with Crippen molar-refractivity contribution < 1.29 is 13.6 Å². The predicted molar refractivity (Wildman–Crippen MR) is 93.6 cm³/mol. The monoisotopic (exact) mass is 335 g/mol. The fourth-order valence-electron chi connectivity index (χ4n) is 3.20. The van der Waals surface area contributed by atoms with Crippen LogP contribution in [0.4, 0.5) is 0 Å². The number of oxime groups is 1. The third kappa shape index (κ3) is 4.02. The first-order valence-electron chi connectivity index (χ1n) is 8.13. The molecule has 0 aliphatic heterocycles. The first-order chi connectivity index (χ1) is 10.9. The molecule has 0 radical (unpaired) electrons. The minimum atomic E-state index is -3.26. The molecule has 2 rings (SSSR count). The van der Waals surface area contributed by atoms with Crippen molar-refractivity contribution in [1.29, 1.82) is 0 Å². The van der Waals surface area contributed by atoms with Gasteiger partial charge in [-0.05, 0) is 42.9 Å². The van der Waals surface area contributed by atoms with Gasteiger partial charge in [-0.3, -0.25) is 0 Å². The van der Waals surface area contributed by atoms with Gasteiger partial charge in [-0.15, -0.1) is 0 Å². The Bertz CT molecular complexity index is 732. The molecule has 1 aromatic carbocycles. The SMILES string of the molecule is CCCCC(C)C1=C(c2cccc(S(C)(=O)=O)c2)/C(=N/O)CC1. The number of sulfone groups is 1. The summed E-state index contributed by atoms with van der Waals surface area (Å²) in [5.41, 5.74) is 3.70. The Labute approximate surface area is 138 Å². The van der Waals surface area contributed by atoms with E-state index in [1.54, 1.807) is 18.2 Å². The van der Waals surface area contributed by atoms with Crippen LogP contribution in [0.25, 0.3) is 5.57 Å². The lowest BCUT2D eigenvalue weighted by Gasteiger charge is -2.16. The van der Waals surface area contributed by atoms with Crippen molar-refractivity contribution in [2.24, 2.45) is 11.1 Å². The van der Waals surface area contributed by atoms with Gasteiger partial charge in [0.25, 0.3) is 0 Å². The van der Waals surface area contributed by atoms with E-state index in [1.807, 2.05) is 6.07 Å². The van der Waals surface area contributed by atoms with E-state index in [-0.39, 0.29) is 0 Å². The van der Waals surface area contributed by atoms with Crippen LogP contribution in [0.1, 0.15) is 51.5 Å². The molecule has 126 valence electrons. The molecule has 0 saturated carbocycles. The summed E-state index contributed by atoms with van der Waals surface area (Å²) in [5, 5.41) is 12.8. The predicted octanol–water partition coefficient (Wildman–Crippen LogP) is 4.29. The average molecular weight is 335 g/mol. The summed E-state index contributed by atoms with van der Waals surface area (Å²) in [5.74, 6) is 0.408. The molecule has 1 aliphatic rings. The molecule has 0 heterocycles. The second kappa shape index (κ2) is 7.30. The van der Waals surface area contributed by atoms with E-state index in [0.29, 0.717) is 22.9 Å². The van der Waals surface area contributed by atoms with Crippen LogP contribution >= 0.6 is 0 Å². The first-order valence-corrected chi connectivity index (χ1v) is 10.0. The maximum absolute atomic E-state index is 11.8. The second-order valence-corrected chi connectivity index (χ2v) is 8.31. The molecule has 1 unspecified atom stereocenters. The van der Waals surface area contributed by atoms with Gasteiger partial charge in [-0.2, -0.15) is 0 Å². The zero-order valence-electron chi connectivity index (χ0n) is 14.0. The zero-order chi connectivity index (χ0) is 17.0. The lowest BCUT2D eigenvalue weighted by molar-refractivity contribution is 0.319. The quantitative estimate of drug-likeness (QED) is 0.623. The molecule has 5 heteroatoms. The molecule has 0 saturated heterocycles. The summed E-state index contributed by atoms with van der Waals surface area (Å²) >= 11 is 0. The molecule has 0 spiro atoms. The molecule has 0 amide bonds. The minimum Gasteiger partial charge on any atom is -0.411 e. The molecular weight excluding hydrogens is 310 g/mol. The summed E-state index contributed by atoms with van der Waals surface area (Å²) in [6.07, 6.45) is 6.20. The van der Waals surface area contributed by atoms with Crippen LogP contribution in [-0.2, 0) is 9.84 Å². The fourth-order valence-corrected chi connectivity index (χ4v) is 3.87. The molecule has 1 aromatic rings. The molecule has 0 fully saturated rings. The average Bonchev–Trinajstić information content (AvgIpc) is 2.96. The highest BCUT2D eigenvalue weighted by molar-refractivity contribution is 7.90. The molecule has 4 nitrogen and oxygen atoms in total. The maximum atomic E-state index is 11.8. The summed E-state index contributed by atoms with van der Waals surface area (Å²) in [6, 6.07) is 6.94. The van der Waals surface area contributed by atoms with Crippen LogP contribution in [0, 0.1) is 5.92 Å². The van der Waals surface area contributed by atoms with Crippen LogP contribution in [0.5, 0.6) is 0 Å². The third-order valence-electron chi connectivity index (χ3n) is 4.50. The molecule has 1 N–H and O–H groups in total. The molecule has 1 aliphatic carbocycles. The summed E-state index contributed by atoms with van der Waals surface area (Å²) in [7, 11) is -3.26. The number of unbranched alkanes of at least 4 members (excludes halogenated alkanes) is 1. The smallest absolute Gasteiger partial charge is 0.175 e. The zero-order valence-corrected chi connectivity index (χ0v) is 14.9. The summed E-state index contributed by atoms with van der Waals surface area (Å²) < 4.78 is 23.6. The molecular formula is C18H25NO3S. The Morgan fingerprint density at radius 1 is 1.30 bits per heavy atom. The highest BCUT2D eigenvalue weighted by atomic mass is 32.2. The van der Waals surface area contributed by atoms with Crippen molar-refractivity contribution in [3.8, 4) is 0 Å². The van der Waals surface area contributed by atoms with E-state index >= 15 is 0 Å². The molecule has 1 atom stereocenters. The number of nitrogens with zero attached hydrogens (tertiary/aromatic N) is 1. The summed E-state index contributed by atoms with van der Waals surface area (Å²) in [4.78, 5) is 0.298. The Hall–Kier alpha value is -1.62. The minimum absolute atomic E-state index is 0.298. The highest BCUT2D eigenvalue weighted by Gasteiger charge is 2.26. The molecule has 0 aromatic heterocycles. The van der Waals surface area contributed by atoms with Gasteiger partial charge in [0.05, 0.1) is 10.6 Å². The molecule has 23 heavy (non-hydrogen) atoms. The lowest BCUT2D eigenvalue weighted by Crippen LogP contribution is -2.04. The Morgan fingerprint density at radius 3 is 2.65 bits per heavy atom. The van der Waals surface area contributed by atoms with E-state index in [1.165, 1.54) is 11.8 Å². The van der Waals surface area contributed by atoms with Gasteiger partial charge in [0.15, 0.2) is 9.84 Å².